The zero-order valence-corrected chi connectivity index (χ0v) is 14.5. The van der Waals surface area contributed by atoms with Gasteiger partial charge in [0.25, 0.3) is 0 Å². The Hall–Kier alpha value is -1.91. The summed E-state index contributed by atoms with van der Waals surface area (Å²) in [6.45, 7) is 2.33. The van der Waals surface area contributed by atoms with Crippen LogP contribution in [0.15, 0.2) is 54.9 Å². The van der Waals surface area contributed by atoms with E-state index in [0.29, 0.717) is 6.54 Å². The quantitative estimate of drug-likeness (QED) is 0.876. The van der Waals surface area contributed by atoms with Crippen molar-refractivity contribution in [2.75, 3.05) is 13.1 Å². The van der Waals surface area contributed by atoms with Crippen LogP contribution in [0.5, 0.6) is 0 Å². The maximum atomic E-state index is 12.9. The van der Waals surface area contributed by atoms with E-state index >= 15 is 0 Å². The summed E-state index contributed by atoms with van der Waals surface area (Å²) >= 11 is 0. The minimum atomic E-state index is -0.311. The van der Waals surface area contributed by atoms with Gasteiger partial charge in [0.05, 0.1) is 5.41 Å². The molecule has 1 saturated heterocycles. The molecule has 0 radical (unpaired) electrons. The first-order chi connectivity index (χ1) is 11.3. The second-order valence-corrected chi connectivity index (χ2v) is 6.24. The first-order valence-corrected chi connectivity index (χ1v) is 8.20. The first kappa shape index (κ1) is 18.4. The molecule has 2 heterocycles. The van der Waals surface area contributed by atoms with E-state index in [2.05, 4.69) is 27.8 Å². The molecular formula is C19H24ClN3O. The number of halogens is 1. The van der Waals surface area contributed by atoms with Gasteiger partial charge in [0.2, 0.25) is 5.91 Å². The zero-order valence-electron chi connectivity index (χ0n) is 13.7. The number of carbonyl (C=O) groups excluding carboxylic acids is 1. The predicted octanol–water partition coefficient (Wildman–Crippen LogP) is 2.73. The molecule has 1 fully saturated rings. The lowest BCUT2D eigenvalue weighted by Crippen LogP contribution is -2.48. The number of benzene rings is 1. The molecule has 4 nitrogen and oxygen atoms in total. The standard InChI is InChI=1S/C19H23N3O.ClH/c23-18(22-15-17-7-4-10-21-14-17)19(8-11-20-12-9-19)13-16-5-2-1-3-6-16;/h1-7,10,14,20H,8-9,11-13,15H2,(H,22,23);1H. The van der Waals surface area contributed by atoms with Gasteiger partial charge in [0.15, 0.2) is 0 Å². The molecule has 1 amide bonds. The minimum absolute atomic E-state index is 0. The fourth-order valence-electron chi connectivity index (χ4n) is 3.25. The SMILES string of the molecule is Cl.O=C(NCc1cccnc1)C1(Cc2ccccc2)CCNCC1. The highest BCUT2D eigenvalue weighted by molar-refractivity contribution is 5.85. The fourth-order valence-corrected chi connectivity index (χ4v) is 3.25. The Labute approximate surface area is 149 Å². The lowest BCUT2D eigenvalue weighted by atomic mass is 9.73. The van der Waals surface area contributed by atoms with E-state index in [4.69, 9.17) is 0 Å². The summed E-state index contributed by atoms with van der Waals surface area (Å²) < 4.78 is 0. The van der Waals surface area contributed by atoms with Crippen LogP contribution < -0.4 is 10.6 Å². The minimum Gasteiger partial charge on any atom is -0.351 e. The van der Waals surface area contributed by atoms with Crippen molar-refractivity contribution in [3.63, 3.8) is 0 Å². The Kier molecular flexibility index (Phi) is 6.76. The molecule has 3 rings (SSSR count). The average Bonchev–Trinajstić information content (AvgIpc) is 2.62. The number of hydrogen-bond donors (Lipinski definition) is 2. The summed E-state index contributed by atoms with van der Waals surface area (Å²) in [6.07, 6.45) is 6.09. The van der Waals surface area contributed by atoms with Crippen LogP contribution >= 0.6 is 12.4 Å². The smallest absolute Gasteiger partial charge is 0.226 e. The Bertz CT molecular complexity index is 628. The molecule has 24 heavy (non-hydrogen) atoms. The molecule has 0 spiro atoms. The molecule has 0 bridgehead atoms. The molecule has 5 heteroatoms. The zero-order chi connectivity index (χ0) is 16.0. The number of hydrogen-bond acceptors (Lipinski definition) is 3. The van der Waals surface area contributed by atoms with Crippen molar-refractivity contribution < 1.29 is 4.79 Å². The Balaban J connectivity index is 0.00000208. The van der Waals surface area contributed by atoms with E-state index in [0.717, 1.165) is 37.9 Å². The van der Waals surface area contributed by atoms with Crippen LogP contribution in [0.2, 0.25) is 0 Å². The number of rotatable bonds is 5. The van der Waals surface area contributed by atoms with Crippen molar-refractivity contribution in [3.05, 3.63) is 66.0 Å². The third-order valence-corrected chi connectivity index (χ3v) is 4.60. The van der Waals surface area contributed by atoms with Crippen LogP contribution in [-0.2, 0) is 17.8 Å². The number of nitrogens with one attached hydrogen (secondary N) is 2. The van der Waals surface area contributed by atoms with E-state index in [1.165, 1.54) is 5.56 Å². The molecule has 0 unspecified atom stereocenters. The molecule has 128 valence electrons. The predicted molar refractivity (Wildman–Crippen MR) is 98.0 cm³/mol. The van der Waals surface area contributed by atoms with Gasteiger partial charge in [0, 0.05) is 18.9 Å². The number of pyridine rings is 1. The summed E-state index contributed by atoms with van der Waals surface area (Å²) in [7, 11) is 0. The lowest BCUT2D eigenvalue weighted by molar-refractivity contribution is -0.132. The lowest BCUT2D eigenvalue weighted by Gasteiger charge is -2.36. The van der Waals surface area contributed by atoms with E-state index in [9.17, 15) is 4.79 Å². The molecule has 1 aromatic heterocycles. The van der Waals surface area contributed by atoms with Crippen molar-refractivity contribution in [1.29, 1.82) is 0 Å². The highest BCUT2D eigenvalue weighted by atomic mass is 35.5. The van der Waals surface area contributed by atoms with Gasteiger partial charge < -0.3 is 10.6 Å². The van der Waals surface area contributed by atoms with E-state index < -0.39 is 0 Å². The molecule has 1 aliphatic heterocycles. The van der Waals surface area contributed by atoms with Crippen LogP contribution in [0.25, 0.3) is 0 Å². The van der Waals surface area contributed by atoms with Crippen LogP contribution in [-0.4, -0.2) is 24.0 Å². The van der Waals surface area contributed by atoms with Crippen LogP contribution in [0.1, 0.15) is 24.0 Å². The van der Waals surface area contributed by atoms with Gasteiger partial charge in [-0.3, -0.25) is 9.78 Å². The van der Waals surface area contributed by atoms with Gasteiger partial charge in [0.1, 0.15) is 0 Å². The van der Waals surface area contributed by atoms with Gasteiger partial charge >= 0.3 is 0 Å². The van der Waals surface area contributed by atoms with Crippen molar-refractivity contribution in [3.8, 4) is 0 Å². The summed E-state index contributed by atoms with van der Waals surface area (Å²) in [5.74, 6) is 0.159. The molecule has 1 aliphatic rings. The molecule has 2 N–H and O–H groups in total. The fraction of sp³-hybridized carbons (Fsp3) is 0.368. The highest BCUT2D eigenvalue weighted by Crippen LogP contribution is 2.33. The molecule has 0 atom stereocenters. The summed E-state index contributed by atoms with van der Waals surface area (Å²) in [5, 5.41) is 6.49. The first-order valence-electron chi connectivity index (χ1n) is 8.20. The molecular weight excluding hydrogens is 322 g/mol. The maximum absolute atomic E-state index is 12.9. The number of carbonyl (C=O) groups is 1. The molecule has 0 saturated carbocycles. The topological polar surface area (TPSA) is 54.0 Å². The molecule has 0 aliphatic carbocycles. The van der Waals surface area contributed by atoms with Gasteiger partial charge in [-0.2, -0.15) is 0 Å². The Morgan fingerprint density at radius 3 is 2.46 bits per heavy atom. The summed E-state index contributed by atoms with van der Waals surface area (Å²) in [5.41, 5.74) is 1.95. The molecule has 2 aromatic rings. The number of amides is 1. The van der Waals surface area contributed by atoms with E-state index in [1.54, 1.807) is 12.4 Å². The third-order valence-electron chi connectivity index (χ3n) is 4.60. The van der Waals surface area contributed by atoms with E-state index in [1.807, 2.05) is 30.3 Å². The number of aromatic nitrogens is 1. The maximum Gasteiger partial charge on any atom is 0.226 e. The van der Waals surface area contributed by atoms with Crippen LogP contribution in [0, 0.1) is 5.41 Å². The van der Waals surface area contributed by atoms with Gasteiger partial charge in [-0.15, -0.1) is 12.4 Å². The molecule has 1 aromatic carbocycles. The van der Waals surface area contributed by atoms with Crippen LogP contribution in [0.4, 0.5) is 0 Å². The van der Waals surface area contributed by atoms with E-state index in [-0.39, 0.29) is 23.7 Å². The summed E-state index contributed by atoms with van der Waals surface area (Å²) in [4.78, 5) is 17.0. The van der Waals surface area contributed by atoms with Crippen LogP contribution in [0.3, 0.4) is 0 Å². The van der Waals surface area contributed by atoms with Crippen molar-refractivity contribution in [2.45, 2.75) is 25.8 Å². The third kappa shape index (κ3) is 4.56. The largest absolute Gasteiger partial charge is 0.351 e. The number of piperidine rings is 1. The summed E-state index contributed by atoms with van der Waals surface area (Å²) in [6, 6.07) is 14.2. The highest BCUT2D eigenvalue weighted by Gasteiger charge is 2.39. The average molecular weight is 346 g/mol. The Morgan fingerprint density at radius 1 is 1.08 bits per heavy atom. The second kappa shape index (κ2) is 8.81. The normalized spacial score (nSPS) is 16.0. The van der Waals surface area contributed by atoms with Crippen molar-refractivity contribution in [1.82, 2.24) is 15.6 Å². The van der Waals surface area contributed by atoms with Gasteiger partial charge in [-0.25, -0.2) is 0 Å². The van der Waals surface area contributed by atoms with Gasteiger partial charge in [-0.1, -0.05) is 36.4 Å². The van der Waals surface area contributed by atoms with Crippen molar-refractivity contribution in [2.24, 2.45) is 5.41 Å². The Morgan fingerprint density at radius 2 is 1.79 bits per heavy atom. The van der Waals surface area contributed by atoms with Gasteiger partial charge in [-0.05, 0) is 49.5 Å². The van der Waals surface area contributed by atoms with Crippen molar-refractivity contribution >= 4 is 18.3 Å². The number of nitrogens with zero attached hydrogens (tertiary/aromatic N) is 1. The second-order valence-electron chi connectivity index (χ2n) is 6.24. The monoisotopic (exact) mass is 345 g/mol.